The van der Waals surface area contributed by atoms with Gasteiger partial charge in [-0.1, -0.05) is 12.1 Å². The summed E-state index contributed by atoms with van der Waals surface area (Å²) >= 11 is 0. The minimum absolute atomic E-state index is 0.0448. The maximum atomic E-state index is 12.9. The molecule has 0 radical (unpaired) electrons. The van der Waals surface area contributed by atoms with Gasteiger partial charge in [-0.25, -0.2) is 0 Å². The smallest absolute Gasteiger partial charge is 0.228 e. The number of piperidine rings is 1. The fraction of sp³-hybridized carbons (Fsp3) is 0.579. The highest BCUT2D eigenvalue weighted by molar-refractivity contribution is 6.01. The fourth-order valence-corrected chi connectivity index (χ4v) is 3.90. The van der Waals surface area contributed by atoms with Crippen LogP contribution in [0, 0.1) is 19.8 Å². The molecule has 0 bridgehead atoms. The van der Waals surface area contributed by atoms with E-state index in [0.29, 0.717) is 19.5 Å². The van der Waals surface area contributed by atoms with Crippen LogP contribution < -0.4 is 10.6 Å². The molecule has 0 spiro atoms. The maximum absolute atomic E-state index is 12.9. The Hall–Kier alpha value is -1.88. The number of amides is 2. The van der Waals surface area contributed by atoms with Crippen molar-refractivity contribution in [2.24, 2.45) is 11.7 Å². The van der Waals surface area contributed by atoms with Crippen molar-refractivity contribution in [3.05, 3.63) is 29.3 Å². The summed E-state index contributed by atoms with van der Waals surface area (Å²) in [5.41, 5.74) is 9.05. The summed E-state index contributed by atoms with van der Waals surface area (Å²) in [5, 5.41) is 0. The predicted octanol–water partition coefficient (Wildman–Crippen LogP) is 2.00. The molecule has 2 aliphatic rings. The average molecular weight is 329 g/mol. The molecule has 0 aromatic heterocycles. The second-order valence-electron chi connectivity index (χ2n) is 7.04. The van der Waals surface area contributed by atoms with Gasteiger partial charge in [0.05, 0.1) is 5.92 Å². The summed E-state index contributed by atoms with van der Waals surface area (Å²) in [4.78, 5) is 29.2. The first kappa shape index (κ1) is 17.0. The molecule has 1 aromatic rings. The van der Waals surface area contributed by atoms with E-state index in [1.807, 2.05) is 36.9 Å². The van der Waals surface area contributed by atoms with Gasteiger partial charge in [-0.3, -0.25) is 9.59 Å². The van der Waals surface area contributed by atoms with Crippen LogP contribution in [0.15, 0.2) is 18.2 Å². The molecule has 2 fully saturated rings. The first-order valence-electron chi connectivity index (χ1n) is 8.90. The van der Waals surface area contributed by atoms with Crippen LogP contribution in [0.3, 0.4) is 0 Å². The number of hydrogen-bond acceptors (Lipinski definition) is 3. The van der Waals surface area contributed by atoms with Crippen LogP contribution in [-0.4, -0.2) is 42.4 Å². The van der Waals surface area contributed by atoms with Crippen molar-refractivity contribution in [3.63, 3.8) is 0 Å². The van der Waals surface area contributed by atoms with E-state index in [4.69, 9.17) is 5.73 Å². The number of likely N-dealkylation sites (tertiary alicyclic amines) is 1. The molecule has 2 unspecified atom stereocenters. The topological polar surface area (TPSA) is 66.6 Å². The first-order valence-corrected chi connectivity index (χ1v) is 8.90. The zero-order chi connectivity index (χ0) is 17.3. The largest absolute Gasteiger partial charge is 0.338 e. The van der Waals surface area contributed by atoms with Crippen molar-refractivity contribution in [3.8, 4) is 0 Å². The van der Waals surface area contributed by atoms with E-state index >= 15 is 0 Å². The highest BCUT2D eigenvalue weighted by Gasteiger charge is 2.39. The Morgan fingerprint density at radius 3 is 2.83 bits per heavy atom. The molecular formula is C19H27N3O2. The van der Waals surface area contributed by atoms with E-state index in [1.165, 1.54) is 0 Å². The first-order chi connectivity index (χ1) is 11.5. The number of benzene rings is 1. The highest BCUT2D eigenvalue weighted by atomic mass is 16.2. The minimum Gasteiger partial charge on any atom is -0.338 e. The average Bonchev–Trinajstić information content (AvgIpc) is 2.98. The van der Waals surface area contributed by atoms with Crippen LogP contribution in [0.5, 0.6) is 0 Å². The Labute approximate surface area is 143 Å². The quantitative estimate of drug-likeness (QED) is 0.922. The van der Waals surface area contributed by atoms with Crippen molar-refractivity contribution in [2.75, 3.05) is 24.5 Å². The summed E-state index contributed by atoms with van der Waals surface area (Å²) in [6, 6.07) is 6.11. The van der Waals surface area contributed by atoms with E-state index in [9.17, 15) is 9.59 Å². The molecule has 2 amide bonds. The monoisotopic (exact) mass is 329 g/mol. The van der Waals surface area contributed by atoms with Gasteiger partial charge in [0.25, 0.3) is 0 Å². The molecule has 3 rings (SSSR count). The van der Waals surface area contributed by atoms with E-state index in [2.05, 4.69) is 0 Å². The second kappa shape index (κ2) is 6.93. The van der Waals surface area contributed by atoms with Gasteiger partial charge in [0.1, 0.15) is 0 Å². The van der Waals surface area contributed by atoms with Crippen molar-refractivity contribution >= 4 is 17.5 Å². The molecule has 1 aromatic carbocycles. The van der Waals surface area contributed by atoms with Crippen molar-refractivity contribution in [1.82, 2.24) is 4.90 Å². The second-order valence-corrected chi connectivity index (χ2v) is 7.04. The van der Waals surface area contributed by atoms with Gasteiger partial charge >= 0.3 is 0 Å². The Kier molecular flexibility index (Phi) is 4.90. The Bertz CT molecular complexity index is 643. The number of aryl methyl sites for hydroxylation is 1. The molecule has 2 atom stereocenters. The molecular weight excluding hydrogens is 302 g/mol. The molecule has 24 heavy (non-hydrogen) atoms. The molecule has 0 aliphatic carbocycles. The number of nitrogens with zero attached hydrogens (tertiary/aromatic N) is 2. The number of nitrogens with two attached hydrogens (primary N) is 1. The third-order valence-corrected chi connectivity index (χ3v) is 5.52. The van der Waals surface area contributed by atoms with Gasteiger partial charge in [-0.05, 0) is 50.3 Å². The predicted molar refractivity (Wildman–Crippen MR) is 94.8 cm³/mol. The van der Waals surface area contributed by atoms with E-state index in [-0.39, 0.29) is 23.8 Å². The number of carbonyl (C=O) groups is 2. The lowest BCUT2D eigenvalue weighted by Gasteiger charge is -2.36. The van der Waals surface area contributed by atoms with Crippen molar-refractivity contribution in [2.45, 2.75) is 45.6 Å². The van der Waals surface area contributed by atoms with Crippen LogP contribution >= 0.6 is 0 Å². The number of carbonyl (C=O) groups excluding carboxylic acids is 2. The zero-order valence-corrected chi connectivity index (χ0v) is 14.6. The van der Waals surface area contributed by atoms with Crippen molar-refractivity contribution in [1.29, 1.82) is 0 Å². The highest BCUT2D eigenvalue weighted by Crippen LogP contribution is 2.31. The van der Waals surface area contributed by atoms with Crippen molar-refractivity contribution < 1.29 is 9.59 Å². The minimum atomic E-state index is -0.246. The lowest BCUT2D eigenvalue weighted by atomic mass is 9.98. The van der Waals surface area contributed by atoms with Gasteiger partial charge in [-0.2, -0.15) is 0 Å². The van der Waals surface area contributed by atoms with Crippen LogP contribution in [0.1, 0.15) is 36.8 Å². The third kappa shape index (κ3) is 3.05. The number of rotatable bonds is 3. The molecule has 5 heteroatoms. The summed E-state index contributed by atoms with van der Waals surface area (Å²) in [6.07, 6.45) is 3.44. The molecule has 2 aliphatic heterocycles. The lowest BCUT2D eigenvalue weighted by molar-refractivity contribution is -0.139. The summed E-state index contributed by atoms with van der Waals surface area (Å²) in [5.74, 6) is -0.0979. The summed E-state index contributed by atoms with van der Waals surface area (Å²) in [6.45, 7) is 5.83. The maximum Gasteiger partial charge on any atom is 0.228 e. The number of hydrogen-bond donors (Lipinski definition) is 1. The van der Waals surface area contributed by atoms with Gasteiger partial charge in [0.15, 0.2) is 0 Å². The molecule has 130 valence electrons. The Morgan fingerprint density at radius 1 is 1.29 bits per heavy atom. The third-order valence-electron chi connectivity index (χ3n) is 5.52. The lowest BCUT2D eigenvalue weighted by Crippen LogP contribution is -2.50. The molecule has 0 saturated carbocycles. The Morgan fingerprint density at radius 2 is 2.08 bits per heavy atom. The summed E-state index contributed by atoms with van der Waals surface area (Å²) < 4.78 is 0. The van der Waals surface area contributed by atoms with E-state index in [0.717, 1.165) is 42.6 Å². The standard InChI is InChI=1S/C19H27N3O2/c1-13-6-5-8-17(14(13)2)22-12-15(10-18(22)23)19(24)21-9-4-3-7-16(21)11-20/h5-6,8,15-16H,3-4,7,9-12,20H2,1-2H3. The molecule has 5 nitrogen and oxygen atoms in total. The van der Waals surface area contributed by atoms with Crippen LogP contribution in [-0.2, 0) is 9.59 Å². The fourth-order valence-electron chi connectivity index (χ4n) is 3.90. The molecule has 2 N–H and O–H groups in total. The molecule has 2 saturated heterocycles. The van der Waals surface area contributed by atoms with Gasteiger partial charge < -0.3 is 15.5 Å². The summed E-state index contributed by atoms with van der Waals surface area (Å²) in [7, 11) is 0. The van der Waals surface area contributed by atoms with E-state index < -0.39 is 0 Å². The van der Waals surface area contributed by atoms with Crippen LogP contribution in [0.25, 0.3) is 0 Å². The van der Waals surface area contributed by atoms with Gasteiger partial charge in [-0.15, -0.1) is 0 Å². The van der Waals surface area contributed by atoms with Gasteiger partial charge in [0, 0.05) is 37.8 Å². The zero-order valence-electron chi connectivity index (χ0n) is 14.6. The van der Waals surface area contributed by atoms with Crippen LogP contribution in [0.2, 0.25) is 0 Å². The molecule has 2 heterocycles. The van der Waals surface area contributed by atoms with E-state index in [1.54, 1.807) is 4.90 Å². The van der Waals surface area contributed by atoms with Crippen LogP contribution in [0.4, 0.5) is 5.69 Å². The Balaban J connectivity index is 1.77. The normalized spacial score (nSPS) is 24.5. The van der Waals surface area contributed by atoms with Gasteiger partial charge in [0.2, 0.25) is 11.8 Å². The SMILES string of the molecule is Cc1cccc(N2CC(C(=O)N3CCCCC3CN)CC2=O)c1C. The number of anilines is 1.